The highest BCUT2D eigenvalue weighted by Gasteiger charge is 2.32. The second kappa shape index (κ2) is 8.75. The molecular formula is C26H25N5O. The lowest BCUT2D eigenvalue weighted by Gasteiger charge is -2.25. The van der Waals surface area contributed by atoms with E-state index in [4.69, 9.17) is 4.98 Å². The van der Waals surface area contributed by atoms with Crippen LogP contribution in [0.2, 0.25) is 0 Å². The van der Waals surface area contributed by atoms with E-state index in [2.05, 4.69) is 14.5 Å². The van der Waals surface area contributed by atoms with E-state index >= 15 is 0 Å². The maximum atomic E-state index is 13.5. The molecule has 1 aliphatic rings. The van der Waals surface area contributed by atoms with Gasteiger partial charge in [-0.2, -0.15) is 0 Å². The van der Waals surface area contributed by atoms with Crippen molar-refractivity contribution in [2.75, 3.05) is 6.54 Å². The molecule has 0 bridgehead atoms. The molecule has 1 amide bonds. The van der Waals surface area contributed by atoms with Crippen LogP contribution in [-0.4, -0.2) is 36.9 Å². The van der Waals surface area contributed by atoms with Crippen LogP contribution in [0.4, 0.5) is 0 Å². The lowest BCUT2D eigenvalue weighted by molar-refractivity contribution is 0.0732. The first kappa shape index (κ1) is 20.1. The van der Waals surface area contributed by atoms with Crippen molar-refractivity contribution >= 4 is 5.91 Å². The Kier molecular flexibility index (Phi) is 5.50. The number of carbonyl (C=O) groups is 1. The molecular weight excluding hydrogens is 398 g/mol. The zero-order chi connectivity index (χ0) is 21.9. The van der Waals surface area contributed by atoms with Gasteiger partial charge in [0.1, 0.15) is 5.82 Å². The van der Waals surface area contributed by atoms with E-state index in [1.807, 2.05) is 78.7 Å². The minimum absolute atomic E-state index is 0.0347. The average molecular weight is 424 g/mol. The Hall–Kier alpha value is -3.80. The van der Waals surface area contributed by atoms with Crippen molar-refractivity contribution in [1.82, 2.24) is 24.4 Å². The molecule has 3 heterocycles. The third-order valence-corrected chi connectivity index (χ3v) is 6.01. The second-order valence-electron chi connectivity index (χ2n) is 8.13. The average Bonchev–Trinajstić information content (AvgIpc) is 3.49. The summed E-state index contributed by atoms with van der Waals surface area (Å²) in [7, 11) is 0. The fourth-order valence-electron chi connectivity index (χ4n) is 4.34. The predicted octanol–water partition coefficient (Wildman–Crippen LogP) is 4.67. The summed E-state index contributed by atoms with van der Waals surface area (Å²) in [6, 6.07) is 19.7. The van der Waals surface area contributed by atoms with E-state index in [0.717, 1.165) is 42.0 Å². The van der Waals surface area contributed by atoms with Crippen LogP contribution in [0, 0.1) is 6.92 Å². The van der Waals surface area contributed by atoms with Crippen LogP contribution in [0.1, 0.15) is 46.3 Å². The number of hydrogen-bond acceptors (Lipinski definition) is 4. The third-order valence-electron chi connectivity index (χ3n) is 6.01. The SMILES string of the molecule is Cc1nccn1Cc1cccc(C(=O)N2CCCC2c2ccnc(-c3ccccc3)n2)c1. The molecule has 1 saturated heterocycles. The summed E-state index contributed by atoms with van der Waals surface area (Å²) in [5.41, 5.74) is 3.67. The number of amides is 1. The highest BCUT2D eigenvalue weighted by atomic mass is 16.2. The summed E-state index contributed by atoms with van der Waals surface area (Å²) in [6.07, 6.45) is 7.42. The number of hydrogen-bond donors (Lipinski definition) is 0. The Labute approximate surface area is 187 Å². The van der Waals surface area contributed by atoms with Crippen LogP contribution in [-0.2, 0) is 6.54 Å². The molecule has 1 aliphatic heterocycles. The van der Waals surface area contributed by atoms with E-state index in [-0.39, 0.29) is 11.9 Å². The van der Waals surface area contributed by atoms with E-state index < -0.39 is 0 Å². The van der Waals surface area contributed by atoms with Gasteiger partial charge in [-0.05, 0) is 43.5 Å². The summed E-state index contributed by atoms with van der Waals surface area (Å²) < 4.78 is 2.08. The summed E-state index contributed by atoms with van der Waals surface area (Å²) in [4.78, 5) is 29.0. The van der Waals surface area contributed by atoms with Gasteiger partial charge in [-0.1, -0.05) is 42.5 Å². The molecule has 0 saturated carbocycles. The smallest absolute Gasteiger partial charge is 0.254 e. The van der Waals surface area contributed by atoms with Crippen LogP contribution in [0.25, 0.3) is 11.4 Å². The van der Waals surface area contributed by atoms with Crippen LogP contribution >= 0.6 is 0 Å². The van der Waals surface area contributed by atoms with Gasteiger partial charge in [0.25, 0.3) is 5.91 Å². The number of aryl methyl sites for hydroxylation is 1. The Bertz CT molecular complexity index is 1230. The zero-order valence-electron chi connectivity index (χ0n) is 18.1. The first-order chi connectivity index (χ1) is 15.7. The van der Waals surface area contributed by atoms with Crippen LogP contribution in [0.15, 0.2) is 79.3 Å². The van der Waals surface area contributed by atoms with Gasteiger partial charge in [0.05, 0.1) is 11.7 Å². The van der Waals surface area contributed by atoms with Gasteiger partial charge in [0.2, 0.25) is 0 Å². The Balaban J connectivity index is 1.39. The Morgan fingerprint density at radius 1 is 1.03 bits per heavy atom. The molecule has 160 valence electrons. The van der Waals surface area contributed by atoms with Gasteiger partial charge in [-0.15, -0.1) is 0 Å². The van der Waals surface area contributed by atoms with Gasteiger partial charge in [-0.25, -0.2) is 15.0 Å². The molecule has 6 nitrogen and oxygen atoms in total. The molecule has 2 aromatic heterocycles. The van der Waals surface area contributed by atoms with Crippen molar-refractivity contribution in [2.24, 2.45) is 0 Å². The van der Waals surface area contributed by atoms with E-state index in [0.29, 0.717) is 17.9 Å². The fourth-order valence-corrected chi connectivity index (χ4v) is 4.34. The minimum Gasteiger partial charge on any atom is -0.331 e. The van der Waals surface area contributed by atoms with Crippen molar-refractivity contribution in [3.05, 3.63) is 102 Å². The third kappa shape index (κ3) is 4.04. The molecule has 5 rings (SSSR count). The second-order valence-corrected chi connectivity index (χ2v) is 8.13. The number of aromatic nitrogens is 4. The molecule has 1 atom stereocenters. The summed E-state index contributed by atoms with van der Waals surface area (Å²) in [5.74, 6) is 1.70. The molecule has 2 aromatic carbocycles. The number of benzene rings is 2. The van der Waals surface area contributed by atoms with E-state index in [1.54, 1.807) is 12.4 Å². The number of likely N-dealkylation sites (tertiary alicyclic amines) is 1. The van der Waals surface area contributed by atoms with Crippen molar-refractivity contribution in [3.63, 3.8) is 0 Å². The fraction of sp³-hybridized carbons (Fsp3) is 0.231. The van der Waals surface area contributed by atoms with Crippen LogP contribution in [0.3, 0.4) is 0 Å². The molecule has 0 N–H and O–H groups in total. The lowest BCUT2D eigenvalue weighted by Crippen LogP contribution is -2.31. The summed E-state index contributed by atoms with van der Waals surface area (Å²) in [5, 5.41) is 0. The molecule has 4 aromatic rings. The van der Waals surface area contributed by atoms with Crippen molar-refractivity contribution in [3.8, 4) is 11.4 Å². The zero-order valence-corrected chi connectivity index (χ0v) is 18.1. The van der Waals surface area contributed by atoms with Crippen molar-refractivity contribution < 1.29 is 4.79 Å². The topological polar surface area (TPSA) is 63.9 Å². The maximum Gasteiger partial charge on any atom is 0.254 e. The number of carbonyl (C=O) groups excluding carboxylic acids is 1. The number of rotatable bonds is 5. The van der Waals surface area contributed by atoms with Gasteiger partial charge < -0.3 is 9.47 Å². The largest absolute Gasteiger partial charge is 0.331 e. The first-order valence-corrected chi connectivity index (χ1v) is 10.9. The maximum absolute atomic E-state index is 13.5. The molecule has 1 fully saturated rings. The highest BCUT2D eigenvalue weighted by Crippen LogP contribution is 2.33. The van der Waals surface area contributed by atoms with Gasteiger partial charge >= 0.3 is 0 Å². The predicted molar refractivity (Wildman–Crippen MR) is 123 cm³/mol. The Morgan fingerprint density at radius 2 is 1.91 bits per heavy atom. The van der Waals surface area contributed by atoms with Crippen LogP contribution in [0.5, 0.6) is 0 Å². The van der Waals surface area contributed by atoms with Crippen molar-refractivity contribution in [2.45, 2.75) is 32.4 Å². The van der Waals surface area contributed by atoms with E-state index in [9.17, 15) is 4.79 Å². The molecule has 0 aliphatic carbocycles. The normalized spacial score (nSPS) is 15.8. The van der Waals surface area contributed by atoms with Gasteiger partial charge in [0, 0.05) is 42.8 Å². The molecule has 0 spiro atoms. The minimum atomic E-state index is -0.0347. The quantitative estimate of drug-likeness (QED) is 0.468. The van der Waals surface area contributed by atoms with Gasteiger partial charge in [0.15, 0.2) is 5.82 Å². The first-order valence-electron chi connectivity index (χ1n) is 10.9. The Morgan fingerprint density at radius 3 is 2.72 bits per heavy atom. The highest BCUT2D eigenvalue weighted by molar-refractivity contribution is 5.94. The molecule has 0 radical (unpaired) electrons. The van der Waals surface area contributed by atoms with Crippen LogP contribution < -0.4 is 0 Å². The molecule has 1 unspecified atom stereocenters. The van der Waals surface area contributed by atoms with Crippen molar-refractivity contribution in [1.29, 1.82) is 0 Å². The molecule has 32 heavy (non-hydrogen) atoms. The summed E-state index contributed by atoms with van der Waals surface area (Å²) >= 11 is 0. The lowest BCUT2D eigenvalue weighted by atomic mass is 10.1. The van der Waals surface area contributed by atoms with E-state index in [1.165, 1.54) is 0 Å². The number of imidazole rings is 1. The summed E-state index contributed by atoms with van der Waals surface area (Å²) in [6.45, 7) is 3.41. The number of nitrogens with zero attached hydrogens (tertiary/aromatic N) is 5. The standard InChI is InChI=1S/C26H25N5O/c1-19-27-14-16-30(19)18-20-7-5-10-22(17-20)26(32)31-15-6-11-24(31)23-12-13-28-25(29-23)21-8-3-2-4-9-21/h2-5,7-10,12-14,16-17,24H,6,11,15,18H2,1H3. The monoisotopic (exact) mass is 423 g/mol. The van der Waals surface area contributed by atoms with Gasteiger partial charge in [-0.3, -0.25) is 4.79 Å². The molecule has 6 heteroatoms.